The first-order valence-electron chi connectivity index (χ1n) is 14.2. The zero-order valence-corrected chi connectivity index (χ0v) is 23.9. The van der Waals surface area contributed by atoms with Crippen LogP contribution in [0.15, 0.2) is 72.8 Å². The zero-order valence-electron chi connectivity index (χ0n) is 23.9. The molecule has 3 aromatic carbocycles. The van der Waals surface area contributed by atoms with Crippen molar-refractivity contribution in [2.75, 3.05) is 23.4 Å². The summed E-state index contributed by atoms with van der Waals surface area (Å²) in [5.41, 5.74) is 3.89. The highest BCUT2D eigenvalue weighted by atomic mass is 16.5. The molecule has 0 spiro atoms. The highest BCUT2D eigenvalue weighted by Gasteiger charge is 2.37. The average molecular weight is 581 g/mol. The lowest BCUT2D eigenvalue weighted by Crippen LogP contribution is -2.47. The molecule has 0 aliphatic carbocycles. The first-order valence-corrected chi connectivity index (χ1v) is 14.2. The van der Waals surface area contributed by atoms with Gasteiger partial charge in [0.15, 0.2) is 6.04 Å². The minimum atomic E-state index is -1.13. The number of anilines is 2. The first-order chi connectivity index (χ1) is 20.9. The second-order valence-corrected chi connectivity index (χ2v) is 10.5. The van der Waals surface area contributed by atoms with Gasteiger partial charge in [0.25, 0.3) is 5.91 Å². The van der Waals surface area contributed by atoms with Crippen molar-refractivity contribution < 1.29 is 19.1 Å². The number of rotatable bonds is 9. The fourth-order valence-electron chi connectivity index (χ4n) is 5.46. The largest absolute Gasteiger partial charge is 0.376 e. The Labute approximate surface area is 247 Å². The Morgan fingerprint density at radius 3 is 2.42 bits per heavy atom. The second-order valence-electron chi connectivity index (χ2n) is 10.5. The molecular formula is C31H32N8O4. The molecule has 2 aromatic heterocycles. The fraction of sp³-hybridized carbons (Fsp3) is 0.290. The maximum atomic E-state index is 14.3. The number of fused-ring (bicyclic) bond motifs is 2. The van der Waals surface area contributed by atoms with E-state index >= 15 is 0 Å². The van der Waals surface area contributed by atoms with Gasteiger partial charge in [-0.3, -0.25) is 19.3 Å². The highest BCUT2D eigenvalue weighted by molar-refractivity contribution is 6.02. The van der Waals surface area contributed by atoms with Gasteiger partial charge < -0.3 is 19.9 Å². The van der Waals surface area contributed by atoms with Gasteiger partial charge in [-0.05, 0) is 61.4 Å². The van der Waals surface area contributed by atoms with Crippen molar-refractivity contribution >= 4 is 51.2 Å². The van der Waals surface area contributed by atoms with Crippen LogP contribution in [0.4, 0.5) is 11.4 Å². The molecule has 1 aliphatic heterocycles. The number of para-hydroxylation sites is 3. The molecule has 1 fully saturated rings. The molecule has 1 saturated heterocycles. The summed E-state index contributed by atoms with van der Waals surface area (Å²) in [5.74, 6) is -0.609. The van der Waals surface area contributed by atoms with E-state index in [9.17, 15) is 14.4 Å². The summed E-state index contributed by atoms with van der Waals surface area (Å²) in [6.07, 6.45) is 1.70. The summed E-state index contributed by atoms with van der Waals surface area (Å²) in [4.78, 5) is 46.4. The molecule has 2 N–H and O–H groups in total. The van der Waals surface area contributed by atoms with Crippen LogP contribution < -0.4 is 15.5 Å². The van der Waals surface area contributed by atoms with Crippen LogP contribution in [0.2, 0.25) is 0 Å². The number of nitrogens with zero attached hydrogens (tertiary/aromatic N) is 6. The lowest BCUT2D eigenvalue weighted by Gasteiger charge is -2.31. The normalized spacial score (nSPS) is 15.4. The fourth-order valence-corrected chi connectivity index (χ4v) is 5.46. The number of aromatic nitrogens is 5. The van der Waals surface area contributed by atoms with E-state index in [0.29, 0.717) is 46.9 Å². The SMILES string of the molecule is CC(=O)Nc1ccc(N(C(=O)Cn2nnc3ccccc32)C(C(=O)NCC2CCCO2)c2nc3ccccc3n2C)cc1. The van der Waals surface area contributed by atoms with Crippen LogP contribution in [0.25, 0.3) is 22.1 Å². The Morgan fingerprint density at radius 1 is 1.00 bits per heavy atom. The molecule has 6 rings (SSSR count). The van der Waals surface area contributed by atoms with Crippen LogP contribution in [0, 0.1) is 0 Å². The number of aryl methyl sites for hydroxylation is 1. The lowest BCUT2D eigenvalue weighted by molar-refractivity contribution is -0.127. The third-order valence-corrected chi connectivity index (χ3v) is 7.54. The molecule has 220 valence electrons. The van der Waals surface area contributed by atoms with E-state index in [1.165, 1.54) is 16.5 Å². The second kappa shape index (κ2) is 12.0. The number of carbonyl (C=O) groups is 3. The number of hydrogen-bond donors (Lipinski definition) is 2. The van der Waals surface area contributed by atoms with Crippen LogP contribution in [0.1, 0.15) is 31.6 Å². The van der Waals surface area contributed by atoms with Crippen molar-refractivity contribution in [1.82, 2.24) is 29.9 Å². The third kappa shape index (κ3) is 5.82. The van der Waals surface area contributed by atoms with Crippen molar-refractivity contribution in [3.05, 3.63) is 78.6 Å². The number of benzene rings is 3. The molecule has 3 heterocycles. The average Bonchev–Trinajstić information content (AvgIpc) is 3.75. The Balaban J connectivity index is 1.44. The van der Waals surface area contributed by atoms with E-state index < -0.39 is 17.9 Å². The molecule has 0 radical (unpaired) electrons. The Bertz CT molecular complexity index is 1790. The van der Waals surface area contributed by atoms with Gasteiger partial charge in [0.2, 0.25) is 11.8 Å². The Kier molecular flexibility index (Phi) is 7.84. The highest BCUT2D eigenvalue weighted by Crippen LogP contribution is 2.31. The van der Waals surface area contributed by atoms with Gasteiger partial charge in [0.1, 0.15) is 17.9 Å². The smallest absolute Gasteiger partial charge is 0.251 e. The Morgan fingerprint density at radius 2 is 1.72 bits per heavy atom. The monoisotopic (exact) mass is 580 g/mol. The standard InChI is InChI=1S/C31H32N8O4/c1-20(40)33-21-13-15-22(16-14-21)39(28(41)19-38-27-12-6-4-10-25(27)35-36-38)29(31(42)32-18-23-8-7-17-43-23)30-34-24-9-3-5-11-26(24)37(30)2/h3-6,9-16,23,29H,7-8,17-19H2,1-2H3,(H,32,42)(H,33,40). The summed E-state index contributed by atoms with van der Waals surface area (Å²) < 4.78 is 9.10. The quantitative estimate of drug-likeness (QED) is 0.273. The number of ether oxygens (including phenoxy) is 1. The molecule has 0 saturated carbocycles. The molecular weight excluding hydrogens is 548 g/mol. The minimum absolute atomic E-state index is 0.0901. The zero-order chi connectivity index (χ0) is 29.9. The molecule has 1 aliphatic rings. The molecule has 43 heavy (non-hydrogen) atoms. The summed E-state index contributed by atoms with van der Waals surface area (Å²) in [7, 11) is 1.83. The van der Waals surface area contributed by atoms with Gasteiger partial charge in [-0.15, -0.1) is 5.10 Å². The maximum Gasteiger partial charge on any atom is 0.251 e. The molecule has 2 atom stereocenters. The van der Waals surface area contributed by atoms with Crippen molar-refractivity contribution in [3.8, 4) is 0 Å². The van der Waals surface area contributed by atoms with Crippen LogP contribution in [0.5, 0.6) is 0 Å². The van der Waals surface area contributed by atoms with Crippen molar-refractivity contribution in [1.29, 1.82) is 0 Å². The number of hydrogen-bond acceptors (Lipinski definition) is 7. The molecule has 2 unspecified atom stereocenters. The van der Waals surface area contributed by atoms with Gasteiger partial charge in [0, 0.05) is 38.5 Å². The van der Waals surface area contributed by atoms with Crippen molar-refractivity contribution in [2.45, 2.75) is 38.5 Å². The van der Waals surface area contributed by atoms with Gasteiger partial charge in [-0.1, -0.05) is 29.5 Å². The van der Waals surface area contributed by atoms with E-state index in [4.69, 9.17) is 9.72 Å². The molecule has 12 nitrogen and oxygen atoms in total. The van der Waals surface area contributed by atoms with Crippen LogP contribution in [-0.2, 0) is 32.7 Å². The van der Waals surface area contributed by atoms with Crippen molar-refractivity contribution in [3.63, 3.8) is 0 Å². The maximum absolute atomic E-state index is 14.3. The lowest BCUT2D eigenvalue weighted by atomic mass is 10.1. The van der Waals surface area contributed by atoms with Crippen LogP contribution in [-0.4, -0.2) is 61.5 Å². The molecule has 0 bridgehead atoms. The van der Waals surface area contributed by atoms with E-state index in [2.05, 4.69) is 20.9 Å². The molecule has 12 heteroatoms. The number of carbonyl (C=O) groups excluding carboxylic acids is 3. The Hall–Kier alpha value is -5.10. The van der Waals surface area contributed by atoms with E-state index in [1.54, 1.807) is 24.3 Å². The van der Waals surface area contributed by atoms with E-state index in [0.717, 1.165) is 18.4 Å². The topological polar surface area (TPSA) is 136 Å². The number of nitrogens with one attached hydrogen (secondary N) is 2. The minimum Gasteiger partial charge on any atom is -0.376 e. The predicted octanol–water partition coefficient (Wildman–Crippen LogP) is 3.35. The van der Waals surface area contributed by atoms with Crippen LogP contribution >= 0.6 is 0 Å². The molecule has 3 amide bonds. The first kappa shape index (κ1) is 28.0. The van der Waals surface area contributed by atoms with Crippen molar-refractivity contribution in [2.24, 2.45) is 7.05 Å². The molecule has 5 aromatic rings. The summed E-state index contributed by atoms with van der Waals surface area (Å²) in [5, 5.41) is 14.2. The van der Waals surface area contributed by atoms with Gasteiger partial charge in [-0.2, -0.15) is 0 Å². The van der Waals surface area contributed by atoms with Gasteiger partial charge in [-0.25, -0.2) is 9.67 Å². The predicted molar refractivity (Wildman–Crippen MR) is 161 cm³/mol. The third-order valence-electron chi connectivity index (χ3n) is 7.54. The number of imidazole rings is 1. The van der Waals surface area contributed by atoms with Gasteiger partial charge >= 0.3 is 0 Å². The number of amides is 3. The summed E-state index contributed by atoms with van der Waals surface area (Å²) >= 11 is 0. The van der Waals surface area contributed by atoms with Crippen LogP contribution in [0.3, 0.4) is 0 Å². The van der Waals surface area contributed by atoms with Gasteiger partial charge in [0.05, 0.1) is 22.7 Å². The summed E-state index contributed by atoms with van der Waals surface area (Å²) in [6.45, 7) is 2.22. The van der Waals surface area contributed by atoms with E-state index in [-0.39, 0.29) is 18.6 Å². The summed E-state index contributed by atoms with van der Waals surface area (Å²) in [6, 6.07) is 20.6. The van der Waals surface area contributed by atoms with E-state index in [1.807, 2.05) is 60.1 Å².